The Morgan fingerprint density at radius 2 is 2.33 bits per heavy atom. The second-order valence-electron chi connectivity index (χ2n) is 4.83. The van der Waals surface area contributed by atoms with Crippen molar-refractivity contribution in [2.75, 3.05) is 0 Å². The van der Waals surface area contributed by atoms with E-state index in [1.165, 1.54) is 23.8 Å². The molecule has 4 nitrogen and oxygen atoms in total. The lowest BCUT2D eigenvalue weighted by molar-refractivity contribution is 0.197. The zero-order valence-corrected chi connectivity index (χ0v) is 11.4. The van der Waals surface area contributed by atoms with Crippen LogP contribution in [0, 0.1) is 5.92 Å². The average Bonchev–Trinajstić information content (AvgIpc) is 2.61. The number of carboxylic acid groups (broad SMARTS) is 1. The van der Waals surface area contributed by atoms with Crippen molar-refractivity contribution in [2.24, 2.45) is 5.92 Å². The summed E-state index contributed by atoms with van der Waals surface area (Å²) in [5, 5.41) is 10.2. The molecule has 5 heteroatoms. The molecular formula is C13H13BrN2O2. The Morgan fingerprint density at radius 3 is 2.94 bits per heavy atom. The van der Waals surface area contributed by atoms with Crippen molar-refractivity contribution in [3.63, 3.8) is 0 Å². The van der Waals surface area contributed by atoms with Crippen LogP contribution in [0.2, 0.25) is 0 Å². The van der Waals surface area contributed by atoms with Gasteiger partial charge in [0, 0.05) is 17.8 Å². The van der Waals surface area contributed by atoms with Gasteiger partial charge in [-0.2, -0.15) is 0 Å². The Balaban J connectivity index is 2.10. The fraction of sp³-hybridized carbons (Fsp3) is 0.385. The quantitative estimate of drug-likeness (QED) is 0.861. The van der Waals surface area contributed by atoms with Gasteiger partial charge in [-0.1, -0.05) is 19.3 Å². The molecule has 0 aromatic carbocycles. The minimum Gasteiger partial charge on any atom is -0.464 e. The summed E-state index contributed by atoms with van der Waals surface area (Å²) < 4.78 is 1.95. The number of aromatic nitrogens is 2. The Kier molecular flexibility index (Phi) is 2.86. The molecule has 0 unspecified atom stereocenters. The van der Waals surface area contributed by atoms with E-state index in [1.54, 1.807) is 18.5 Å². The van der Waals surface area contributed by atoms with Crippen LogP contribution in [0.5, 0.6) is 0 Å². The van der Waals surface area contributed by atoms with Crippen LogP contribution in [-0.2, 0) is 6.42 Å². The molecule has 0 radical (unpaired) electrons. The molecule has 2 heterocycles. The number of pyridine rings is 1. The van der Waals surface area contributed by atoms with Crippen LogP contribution in [-0.4, -0.2) is 20.8 Å². The normalized spacial score (nSPS) is 15.8. The lowest BCUT2D eigenvalue weighted by atomic mass is 9.81. The molecule has 0 bridgehead atoms. The highest BCUT2D eigenvalue weighted by Gasteiger charge is 2.21. The molecule has 0 spiro atoms. The first kappa shape index (κ1) is 11.7. The van der Waals surface area contributed by atoms with Gasteiger partial charge in [0.05, 0.1) is 5.52 Å². The summed E-state index contributed by atoms with van der Waals surface area (Å²) in [5.74, 6) is 0.710. The van der Waals surface area contributed by atoms with Gasteiger partial charge in [-0.25, -0.2) is 9.78 Å². The summed E-state index contributed by atoms with van der Waals surface area (Å²) >= 11 is 3.28. The second-order valence-corrected chi connectivity index (χ2v) is 5.64. The number of nitrogens with zero attached hydrogens (tertiary/aromatic N) is 2. The van der Waals surface area contributed by atoms with Crippen molar-refractivity contribution in [1.29, 1.82) is 0 Å². The van der Waals surface area contributed by atoms with Crippen LogP contribution < -0.4 is 0 Å². The smallest absolute Gasteiger partial charge is 0.416 e. The average molecular weight is 309 g/mol. The van der Waals surface area contributed by atoms with E-state index < -0.39 is 6.09 Å². The zero-order valence-electron chi connectivity index (χ0n) is 9.77. The Hall–Kier alpha value is -1.36. The lowest BCUT2D eigenvalue weighted by Gasteiger charge is -2.24. The van der Waals surface area contributed by atoms with Gasteiger partial charge in [-0.05, 0) is 39.9 Å². The standard InChI is InChI=1S/C13H13BrN2O2/c14-12-5-11-10(6-15-12)9(4-8-2-1-3-8)7-16(11)13(17)18/h5-8H,1-4H2,(H,17,18). The number of rotatable bonds is 2. The van der Waals surface area contributed by atoms with Gasteiger partial charge in [-0.3, -0.25) is 4.57 Å². The van der Waals surface area contributed by atoms with E-state index in [-0.39, 0.29) is 0 Å². The number of hydrogen-bond donors (Lipinski definition) is 1. The molecule has 2 aromatic heterocycles. The first-order valence-electron chi connectivity index (χ1n) is 6.04. The third-order valence-corrected chi connectivity index (χ3v) is 4.11. The van der Waals surface area contributed by atoms with Gasteiger partial charge >= 0.3 is 6.09 Å². The molecule has 0 aliphatic heterocycles. The topological polar surface area (TPSA) is 55.1 Å². The van der Waals surface area contributed by atoms with E-state index in [2.05, 4.69) is 20.9 Å². The molecule has 1 aliphatic rings. The summed E-state index contributed by atoms with van der Waals surface area (Å²) in [4.78, 5) is 15.4. The van der Waals surface area contributed by atoms with E-state index in [4.69, 9.17) is 0 Å². The first-order valence-corrected chi connectivity index (χ1v) is 6.83. The summed E-state index contributed by atoms with van der Waals surface area (Å²) in [6.45, 7) is 0. The fourth-order valence-electron chi connectivity index (χ4n) is 2.49. The zero-order chi connectivity index (χ0) is 12.7. The van der Waals surface area contributed by atoms with Gasteiger partial charge in [-0.15, -0.1) is 0 Å². The van der Waals surface area contributed by atoms with E-state index in [0.29, 0.717) is 16.0 Å². The maximum Gasteiger partial charge on any atom is 0.416 e. The molecule has 2 aromatic rings. The van der Waals surface area contributed by atoms with Crippen molar-refractivity contribution >= 4 is 32.9 Å². The second kappa shape index (κ2) is 4.39. The predicted octanol–water partition coefficient (Wildman–Crippen LogP) is 3.67. The third-order valence-electron chi connectivity index (χ3n) is 3.68. The van der Waals surface area contributed by atoms with Crippen molar-refractivity contribution < 1.29 is 9.90 Å². The first-order chi connectivity index (χ1) is 8.65. The molecular weight excluding hydrogens is 296 g/mol. The maximum absolute atomic E-state index is 11.2. The highest BCUT2D eigenvalue weighted by atomic mass is 79.9. The van der Waals surface area contributed by atoms with Crippen LogP contribution in [0.4, 0.5) is 4.79 Å². The molecule has 18 heavy (non-hydrogen) atoms. The van der Waals surface area contributed by atoms with Crippen LogP contribution in [0.25, 0.3) is 10.9 Å². The van der Waals surface area contributed by atoms with Gasteiger partial charge in [0.2, 0.25) is 0 Å². The fourth-order valence-corrected chi connectivity index (χ4v) is 2.81. The summed E-state index contributed by atoms with van der Waals surface area (Å²) in [6, 6.07) is 1.76. The maximum atomic E-state index is 11.2. The molecule has 1 fully saturated rings. The number of halogens is 1. The van der Waals surface area contributed by atoms with Gasteiger partial charge in [0.25, 0.3) is 0 Å². The van der Waals surface area contributed by atoms with Crippen LogP contribution in [0.15, 0.2) is 23.1 Å². The van der Waals surface area contributed by atoms with E-state index in [9.17, 15) is 9.90 Å². The van der Waals surface area contributed by atoms with Gasteiger partial charge in [0.1, 0.15) is 4.60 Å². The predicted molar refractivity (Wildman–Crippen MR) is 71.9 cm³/mol. The molecule has 0 atom stereocenters. The van der Waals surface area contributed by atoms with Crippen LogP contribution >= 0.6 is 15.9 Å². The summed E-state index contributed by atoms with van der Waals surface area (Å²) in [7, 11) is 0. The molecule has 1 aliphatic carbocycles. The highest BCUT2D eigenvalue weighted by molar-refractivity contribution is 9.10. The molecule has 0 saturated heterocycles. The van der Waals surface area contributed by atoms with Crippen molar-refractivity contribution in [3.05, 3.63) is 28.6 Å². The molecule has 0 amide bonds. The highest BCUT2D eigenvalue weighted by Crippen LogP contribution is 2.33. The van der Waals surface area contributed by atoms with Gasteiger partial charge < -0.3 is 5.11 Å². The third kappa shape index (κ3) is 1.92. The van der Waals surface area contributed by atoms with Crippen molar-refractivity contribution in [3.8, 4) is 0 Å². The number of carbonyl (C=O) groups is 1. The van der Waals surface area contributed by atoms with E-state index in [0.717, 1.165) is 17.4 Å². The monoisotopic (exact) mass is 308 g/mol. The minimum atomic E-state index is -0.946. The SMILES string of the molecule is O=C(O)n1cc(CC2CCC2)c2cnc(Br)cc21. The Labute approximate surface area is 113 Å². The molecule has 94 valence electrons. The lowest BCUT2D eigenvalue weighted by Crippen LogP contribution is -2.13. The Morgan fingerprint density at radius 1 is 1.56 bits per heavy atom. The molecule has 1 saturated carbocycles. The number of fused-ring (bicyclic) bond motifs is 1. The summed E-state index contributed by atoms with van der Waals surface area (Å²) in [6.07, 6.45) is 7.31. The molecule has 3 rings (SSSR count). The van der Waals surface area contributed by atoms with Crippen molar-refractivity contribution in [2.45, 2.75) is 25.7 Å². The van der Waals surface area contributed by atoms with Crippen molar-refractivity contribution in [1.82, 2.24) is 9.55 Å². The molecule has 1 N–H and O–H groups in total. The van der Waals surface area contributed by atoms with E-state index >= 15 is 0 Å². The largest absolute Gasteiger partial charge is 0.464 e. The summed E-state index contributed by atoms with van der Waals surface area (Å²) in [5.41, 5.74) is 1.80. The minimum absolute atomic E-state index is 0.658. The van der Waals surface area contributed by atoms with Gasteiger partial charge in [0.15, 0.2) is 0 Å². The number of hydrogen-bond acceptors (Lipinski definition) is 2. The Bertz CT molecular complexity index is 617. The van der Waals surface area contributed by atoms with Crippen LogP contribution in [0.1, 0.15) is 24.8 Å². The van der Waals surface area contributed by atoms with Crippen LogP contribution in [0.3, 0.4) is 0 Å². The van der Waals surface area contributed by atoms with E-state index in [1.807, 2.05) is 0 Å².